The fourth-order valence-corrected chi connectivity index (χ4v) is 2.52. The van der Waals surface area contributed by atoms with E-state index >= 15 is 0 Å². The zero-order valence-corrected chi connectivity index (χ0v) is 15.9. The van der Waals surface area contributed by atoms with Crippen LogP contribution >= 0.6 is 15.9 Å². The maximum atomic E-state index is 12.0. The van der Waals surface area contributed by atoms with Crippen molar-refractivity contribution < 1.29 is 19.1 Å². The number of ether oxygens (including phenoxy) is 2. The van der Waals surface area contributed by atoms with E-state index < -0.39 is 5.91 Å². The standard InChI is InChI=1S/C18H18BrN3O4/c1-25-15-8-7-12(9-16(15)26-2)10-21-22-17(23)11-20-18(24)13-5-3-4-6-14(13)19/h3-10H,11H2,1-2H3,(H,20,24)(H,22,23)/b21-10+. The van der Waals surface area contributed by atoms with Crippen molar-refractivity contribution >= 4 is 34.0 Å². The number of amides is 2. The van der Waals surface area contributed by atoms with E-state index in [2.05, 4.69) is 31.8 Å². The van der Waals surface area contributed by atoms with Crippen LogP contribution in [0.15, 0.2) is 52.0 Å². The Morgan fingerprint density at radius 1 is 1.12 bits per heavy atom. The lowest BCUT2D eigenvalue weighted by Crippen LogP contribution is -2.35. The molecule has 2 aromatic carbocycles. The molecule has 0 heterocycles. The van der Waals surface area contributed by atoms with Crippen LogP contribution in [0, 0.1) is 0 Å². The first kappa shape index (κ1) is 19.5. The molecule has 0 aromatic heterocycles. The first-order valence-electron chi connectivity index (χ1n) is 7.61. The molecule has 2 aromatic rings. The lowest BCUT2D eigenvalue weighted by atomic mass is 10.2. The summed E-state index contributed by atoms with van der Waals surface area (Å²) in [5.74, 6) is 0.366. The van der Waals surface area contributed by atoms with Gasteiger partial charge in [-0.05, 0) is 51.8 Å². The molecular formula is C18H18BrN3O4. The predicted octanol–water partition coefficient (Wildman–Crippen LogP) is 2.35. The summed E-state index contributed by atoms with van der Waals surface area (Å²) in [7, 11) is 3.09. The smallest absolute Gasteiger partial charge is 0.259 e. The van der Waals surface area contributed by atoms with Crippen molar-refractivity contribution in [2.45, 2.75) is 0 Å². The van der Waals surface area contributed by atoms with Crippen molar-refractivity contribution in [1.29, 1.82) is 0 Å². The van der Waals surface area contributed by atoms with Crippen LogP contribution < -0.4 is 20.2 Å². The van der Waals surface area contributed by atoms with Crippen LogP contribution in [0.25, 0.3) is 0 Å². The van der Waals surface area contributed by atoms with Crippen LogP contribution in [0.1, 0.15) is 15.9 Å². The molecule has 0 aliphatic heterocycles. The van der Waals surface area contributed by atoms with Gasteiger partial charge < -0.3 is 14.8 Å². The Kier molecular flexibility index (Phi) is 7.16. The van der Waals surface area contributed by atoms with Crippen LogP contribution in [-0.4, -0.2) is 38.8 Å². The highest BCUT2D eigenvalue weighted by Crippen LogP contribution is 2.26. The number of hydrogen-bond acceptors (Lipinski definition) is 5. The predicted molar refractivity (Wildman–Crippen MR) is 102 cm³/mol. The molecule has 0 saturated heterocycles. The number of nitrogens with zero attached hydrogens (tertiary/aromatic N) is 1. The van der Waals surface area contributed by atoms with Gasteiger partial charge in [-0.3, -0.25) is 9.59 Å². The zero-order chi connectivity index (χ0) is 18.9. The maximum absolute atomic E-state index is 12.0. The van der Waals surface area contributed by atoms with Crippen LogP contribution in [-0.2, 0) is 4.79 Å². The van der Waals surface area contributed by atoms with Gasteiger partial charge in [0.15, 0.2) is 11.5 Å². The first-order valence-corrected chi connectivity index (χ1v) is 8.41. The molecule has 0 fully saturated rings. The lowest BCUT2D eigenvalue weighted by molar-refractivity contribution is -0.120. The van der Waals surface area contributed by atoms with Crippen molar-refractivity contribution in [2.24, 2.45) is 5.10 Å². The molecule has 0 atom stereocenters. The van der Waals surface area contributed by atoms with Gasteiger partial charge >= 0.3 is 0 Å². The molecule has 0 unspecified atom stereocenters. The van der Waals surface area contributed by atoms with Crippen molar-refractivity contribution in [1.82, 2.24) is 10.7 Å². The molecule has 2 N–H and O–H groups in total. The van der Waals surface area contributed by atoms with Crippen molar-refractivity contribution in [2.75, 3.05) is 20.8 Å². The minimum absolute atomic E-state index is 0.191. The van der Waals surface area contributed by atoms with Gasteiger partial charge in [-0.1, -0.05) is 12.1 Å². The fourth-order valence-electron chi connectivity index (χ4n) is 2.05. The Bertz CT molecular complexity index is 824. The zero-order valence-electron chi connectivity index (χ0n) is 14.3. The van der Waals surface area contributed by atoms with E-state index in [1.54, 1.807) is 49.6 Å². The average molecular weight is 420 g/mol. The van der Waals surface area contributed by atoms with E-state index in [1.165, 1.54) is 13.3 Å². The van der Waals surface area contributed by atoms with E-state index in [0.717, 1.165) is 5.56 Å². The third-order valence-corrected chi connectivity index (χ3v) is 4.03. The van der Waals surface area contributed by atoms with Gasteiger partial charge in [0.2, 0.25) is 0 Å². The SMILES string of the molecule is COc1ccc(/C=N/NC(=O)CNC(=O)c2ccccc2Br)cc1OC. The quantitative estimate of drug-likeness (QED) is 0.532. The van der Waals surface area contributed by atoms with Crippen molar-refractivity contribution in [3.8, 4) is 11.5 Å². The molecule has 7 nitrogen and oxygen atoms in total. The number of rotatable bonds is 7. The van der Waals surface area contributed by atoms with E-state index in [4.69, 9.17) is 9.47 Å². The fraction of sp³-hybridized carbons (Fsp3) is 0.167. The third kappa shape index (κ3) is 5.32. The summed E-state index contributed by atoms with van der Waals surface area (Å²) in [4.78, 5) is 23.8. The molecular weight excluding hydrogens is 402 g/mol. The highest BCUT2D eigenvalue weighted by molar-refractivity contribution is 9.10. The Hall–Kier alpha value is -2.87. The number of hydrazone groups is 1. The van der Waals surface area contributed by atoms with E-state index in [1.807, 2.05) is 0 Å². The van der Waals surface area contributed by atoms with Gasteiger partial charge in [0.1, 0.15) is 0 Å². The van der Waals surface area contributed by atoms with Crippen molar-refractivity contribution in [3.05, 3.63) is 58.1 Å². The molecule has 2 amide bonds. The summed E-state index contributed by atoms with van der Waals surface area (Å²) in [6.07, 6.45) is 1.47. The minimum atomic E-state index is -0.442. The van der Waals surface area contributed by atoms with Gasteiger partial charge in [0, 0.05) is 4.47 Å². The molecule has 26 heavy (non-hydrogen) atoms. The Morgan fingerprint density at radius 2 is 1.85 bits per heavy atom. The Balaban J connectivity index is 1.86. The normalized spacial score (nSPS) is 10.4. The molecule has 0 saturated carbocycles. The Morgan fingerprint density at radius 3 is 2.54 bits per heavy atom. The number of nitrogens with one attached hydrogen (secondary N) is 2. The number of carbonyl (C=O) groups is 2. The van der Waals surface area contributed by atoms with Crippen LogP contribution in [0.2, 0.25) is 0 Å². The molecule has 0 aliphatic rings. The molecule has 0 spiro atoms. The number of hydrogen-bond donors (Lipinski definition) is 2. The second kappa shape index (κ2) is 9.57. The molecule has 0 radical (unpaired) electrons. The summed E-state index contributed by atoms with van der Waals surface area (Å²) in [6.45, 7) is -0.191. The topological polar surface area (TPSA) is 89.0 Å². The summed E-state index contributed by atoms with van der Waals surface area (Å²) in [5.41, 5.74) is 3.53. The molecule has 136 valence electrons. The molecule has 0 bridgehead atoms. The number of methoxy groups -OCH3 is 2. The van der Waals surface area contributed by atoms with Gasteiger partial charge in [-0.2, -0.15) is 5.10 Å². The van der Waals surface area contributed by atoms with Crippen LogP contribution in [0.4, 0.5) is 0 Å². The van der Waals surface area contributed by atoms with Gasteiger partial charge in [-0.25, -0.2) is 5.43 Å². The summed E-state index contributed by atoms with van der Waals surface area (Å²) < 4.78 is 11.0. The summed E-state index contributed by atoms with van der Waals surface area (Å²) in [5, 5.41) is 6.39. The highest BCUT2D eigenvalue weighted by atomic mass is 79.9. The van der Waals surface area contributed by atoms with Gasteiger partial charge in [0.05, 0.1) is 32.5 Å². The van der Waals surface area contributed by atoms with Gasteiger partial charge in [0.25, 0.3) is 11.8 Å². The monoisotopic (exact) mass is 419 g/mol. The first-order chi connectivity index (χ1) is 12.5. The lowest BCUT2D eigenvalue weighted by Gasteiger charge is -2.07. The second-order valence-corrected chi connectivity index (χ2v) is 5.92. The Labute approximate surface area is 159 Å². The highest BCUT2D eigenvalue weighted by Gasteiger charge is 2.10. The minimum Gasteiger partial charge on any atom is -0.493 e. The van der Waals surface area contributed by atoms with E-state index in [-0.39, 0.29) is 12.5 Å². The number of benzene rings is 2. The van der Waals surface area contributed by atoms with E-state index in [0.29, 0.717) is 21.5 Å². The second-order valence-electron chi connectivity index (χ2n) is 5.07. The third-order valence-electron chi connectivity index (χ3n) is 3.34. The van der Waals surface area contributed by atoms with Crippen LogP contribution in [0.5, 0.6) is 11.5 Å². The summed E-state index contributed by atoms with van der Waals surface area (Å²) >= 11 is 3.29. The molecule has 8 heteroatoms. The van der Waals surface area contributed by atoms with Crippen molar-refractivity contribution in [3.63, 3.8) is 0 Å². The van der Waals surface area contributed by atoms with Crippen LogP contribution in [0.3, 0.4) is 0 Å². The summed E-state index contributed by atoms with van der Waals surface area (Å²) in [6, 6.07) is 12.2. The van der Waals surface area contributed by atoms with Gasteiger partial charge in [-0.15, -0.1) is 0 Å². The molecule has 0 aliphatic carbocycles. The largest absolute Gasteiger partial charge is 0.493 e. The number of halogens is 1. The van der Waals surface area contributed by atoms with E-state index in [9.17, 15) is 9.59 Å². The number of carbonyl (C=O) groups excluding carboxylic acids is 2. The molecule has 2 rings (SSSR count). The maximum Gasteiger partial charge on any atom is 0.259 e. The average Bonchev–Trinajstić information content (AvgIpc) is 2.66.